The van der Waals surface area contributed by atoms with Gasteiger partial charge < -0.3 is 20.1 Å². The van der Waals surface area contributed by atoms with E-state index >= 15 is 0 Å². The van der Waals surface area contributed by atoms with Gasteiger partial charge >= 0.3 is 0 Å². The predicted molar refractivity (Wildman–Crippen MR) is 62.2 cm³/mol. The molecular weight excluding hydrogens is 222 g/mol. The first-order chi connectivity index (χ1) is 8.00. The van der Waals surface area contributed by atoms with Crippen LogP contribution in [0.1, 0.15) is 51.4 Å². The molecule has 6 heteroatoms. The molecule has 1 heterocycles. The number of hydrogen-bond acceptors (Lipinski definition) is 6. The molecule has 0 spiro atoms. The van der Waals surface area contributed by atoms with Crippen LogP contribution in [0.2, 0.25) is 0 Å². The van der Waals surface area contributed by atoms with Gasteiger partial charge in [-0.05, 0) is 19.8 Å². The molecule has 2 atom stereocenters. The van der Waals surface area contributed by atoms with Gasteiger partial charge in [0.05, 0.1) is 6.10 Å². The van der Waals surface area contributed by atoms with Crippen LogP contribution in [0.3, 0.4) is 0 Å². The van der Waals surface area contributed by atoms with Gasteiger partial charge in [-0.2, -0.15) is 4.98 Å². The fourth-order valence-electron chi connectivity index (χ4n) is 1.71. The second-order valence-electron chi connectivity index (χ2n) is 4.13. The van der Waals surface area contributed by atoms with Crippen molar-refractivity contribution in [3.8, 4) is 0 Å². The number of nitrogens with zero attached hydrogens (tertiary/aromatic N) is 2. The molecule has 17 heavy (non-hydrogen) atoms. The third kappa shape index (κ3) is 2.65. The Balaban J connectivity index is 3.00. The Morgan fingerprint density at radius 3 is 2.47 bits per heavy atom. The van der Waals surface area contributed by atoms with E-state index in [1.165, 1.54) is 0 Å². The molecule has 0 aromatic carbocycles. The topological polar surface area (TPSA) is 94.4 Å². The van der Waals surface area contributed by atoms with Crippen molar-refractivity contribution in [2.45, 2.75) is 51.4 Å². The van der Waals surface area contributed by atoms with Gasteiger partial charge in [-0.1, -0.05) is 19.0 Å². The minimum atomic E-state index is -0.733. The van der Waals surface area contributed by atoms with Crippen molar-refractivity contribution in [1.29, 1.82) is 0 Å². The molecule has 0 aliphatic heterocycles. The summed E-state index contributed by atoms with van der Waals surface area (Å²) in [6.45, 7) is 5.58. The zero-order valence-corrected chi connectivity index (χ0v) is 10.8. The quantitative estimate of drug-likeness (QED) is 0.777. The number of rotatable bonds is 6. The minimum absolute atomic E-state index is 0.235. The molecule has 6 nitrogen and oxygen atoms in total. The standard InChI is InChI=1S/C11H21N3O3/c1-5-11(6-2,16-4)10-13-9(17-14-10)8(12)7(3)15/h7-8,15H,5-6,12H2,1-4H3/t7-,8+/m1/s1. The first-order valence-corrected chi connectivity index (χ1v) is 5.83. The second-order valence-corrected chi connectivity index (χ2v) is 4.13. The highest BCUT2D eigenvalue weighted by Crippen LogP contribution is 2.30. The average Bonchev–Trinajstić information content (AvgIpc) is 2.81. The van der Waals surface area contributed by atoms with Crippen LogP contribution in [0.15, 0.2) is 4.52 Å². The molecule has 0 saturated heterocycles. The summed E-state index contributed by atoms with van der Waals surface area (Å²) in [7, 11) is 1.62. The lowest BCUT2D eigenvalue weighted by atomic mass is 9.96. The summed E-state index contributed by atoms with van der Waals surface area (Å²) in [5.74, 6) is 0.717. The van der Waals surface area contributed by atoms with Crippen molar-refractivity contribution in [3.63, 3.8) is 0 Å². The maximum Gasteiger partial charge on any atom is 0.246 e. The van der Waals surface area contributed by atoms with E-state index in [9.17, 15) is 5.11 Å². The molecule has 1 rings (SSSR count). The van der Waals surface area contributed by atoms with Crippen LogP contribution in [0.25, 0.3) is 0 Å². The molecule has 3 N–H and O–H groups in total. The van der Waals surface area contributed by atoms with Crippen LogP contribution < -0.4 is 5.73 Å². The van der Waals surface area contributed by atoms with Gasteiger partial charge in [0.25, 0.3) is 0 Å². The summed E-state index contributed by atoms with van der Waals surface area (Å²) in [6.07, 6.45) is 0.745. The van der Waals surface area contributed by atoms with Gasteiger partial charge in [-0.25, -0.2) is 0 Å². The van der Waals surface area contributed by atoms with E-state index in [1.807, 2.05) is 13.8 Å². The van der Waals surface area contributed by atoms with Crippen LogP contribution in [-0.2, 0) is 10.3 Å². The molecule has 0 saturated carbocycles. The van der Waals surface area contributed by atoms with Gasteiger partial charge in [-0.3, -0.25) is 0 Å². The number of ether oxygens (including phenoxy) is 1. The minimum Gasteiger partial charge on any atom is -0.391 e. The van der Waals surface area contributed by atoms with E-state index in [2.05, 4.69) is 10.1 Å². The fourth-order valence-corrected chi connectivity index (χ4v) is 1.71. The Bertz CT molecular complexity index is 339. The number of nitrogens with two attached hydrogens (primary N) is 1. The Morgan fingerprint density at radius 2 is 2.06 bits per heavy atom. The normalized spacial score (nSPS) is 15.9. The smallest absolute Gasteiger partial charge is 0.246 e. The summed E-state index contributed by atoms with van der Waals surface area (Å²) in [5.41, 5.74) is 5.19. The zero-order chi connectivity index (χ0) is 13.1. The van der Waals surface area contributed by atoms with E-state index < -0.39 is 17.7 Å². The molecule has 1 aromatic rings. The molecule has 98 valence electrons. The van der Waals surface area contributed by atoms with E-state index in [0.29, 0.717) is 5.82 Å². The van der Waals surface area contributed by atoms with Crippen molar-refractivity contribution in [2.75, 3.05) is 7.11 Å². The molecule has 0 unspecified atom stereocenters. The predicted octanol–water partition coefficient (Wildman–Crippen LogP) is 1.11. The summed E-state index contributed by atoms with van der Waals surface area (Å²) < 4.78 is 10.6. The zero-order valence-electron chi connectivity index (χ0n) is 10.8. The number of hydrogen-bond donors (Lipinski definition) is 2. The highest BCUT2D eigenvalue weighted by Gasteiger charge is 2.34. The van der Waals surface area contributed by atoms with Gasteiger partial charge in [0.15, 0.2) is 0 Å². The number of methoxy groups -OCH3 is 1. The number of aliphatic hydroxyl groups is 1. The van der Waals surface area contributed by atoms with E-state index in [0.717, 1.165) is 12.8 Å². The Kier molecular flexibility index (Phi) is 4.62. The lowest BCUT2D eigenvalue weighted by Crippen LogP contribution is -2.29. The third-order valence-corrected chi connectivity index (χ3v) is 3.19. The monoisotopic (exact) mass is 243 g/mol. The Morgan fingerprint density at radius 1 is 1.47 bits per heavy atom. The number of aromatic nitrogens is 2. The molecule has 0 aliphatic carbocycles. The van der Waals surface area contributed by atoms with Gasteiger partial charge in [0.1, 0.15) is 11.6 Å². The van der Waals surface area contributed by atoms with Crippen LogP contribution in [0, 0.1) is 0 Å². The van der Waals surface area contributed by atoms with Gasteiger partial charge in [-0.15, -0.1) is 0 Å². The Hall–Kier alpha value is -0.980. The molecule has 0 radical (unpaired) electrons. The van der Waals surface area contributed by atoms with Crippen LogP contribution in [0.5, 0.6) is 0 Å². The largest absolute Gasteiger partial charge is 0.391 e. The van der Waals surface area contributed by atoms with Crippen molar-refractivity contribution in [1.82, 2.24) is 10.1 Å². The summed E-state index contributed by atoms with van der Waals surface area (Å²) in [5, 5.41) is 13.3. The van der Waals surface area contributed by atoms with Gasteiger partial charge in [0.2, 0.25) is 11.7 Å². The van der Waals surface area contributed by atoms with Crippen molar-refractivity contribution < 1.29 is 14.4 Å². The van der Waals surface area contributed by atoms with Crippen molar-refractivity contribution in [2.24, 2.45) is 5.73 Å². The second kappa shape index (κ2) is 5.57. The average molecular weight is 243 g/mol. The first kappa shape index (κ1) is 14.1. The van der Waals surface area contributed by atoms with E-state index in [-0.39, 0.29) is 5.89 Å². The summed E-state index contributed by atoms with van der Waals surface area (Å²) in [4.78, 5) is 4.23. The Labute approximate surface area is 101 Å². The molecule has 0 aliphatic rings. The highest BCUT2D eigenvalue weighted by atomic mass is 16.5. The summed E-state index contributed by atoms with van der Waals surface area (Å²) >= 11 is 0. The highest BCUT2D eigenvalue weighted by molar-refractivity contribution is 5.03. The lowest BCUT2D eigenvalue weighted by Gasteiger charge is -2.25. The van der Waals surface area contributed by atoms with Crippen molar-refractivity contribution >= 4 is 0 Å². The van der Waals surface area contributed by atoms with E-state index in [1.54, 1.807) is 14.0 Å². The lowest BCUT2D eigenvalue weighted by molar-refractivity contribution is -0.0306. The summed E-state index contributed by atoms with van der Waals surface area (Å²) in [6, 6.07) is -0.667. The molecule has 0 fully saturated rings. The van der Waals surface area contributed by atoms with Crippen LogP contribution >= 0.6 is 0 Å². The SMILES string of the molecule is CCC(CC)(OC)c1noc([C@@H](N)[C@@H](C)O)n1. The fraction of sp³-hybridized carbons (Fsp3) is 0.818. The molecule has 0 amide bonds. The maximum absolute atomic E-state index is 9.37. The van der Waals surface area contributed by atoms with Crippen LogP contribution in [-0.4, -0.2) is 28.5 Å². The number of aliphatic hydroxyl groups excluding tert-OH is 1. The van der Waals surface area contributed by atoms with Gasteiger partial charge in [0, 0.05) is 7.11 Å². The molecular formula is C11H21N3O3. The van der Waals surface area contributed by atoms with Crippen molar-refractivity contribution in [3.05, 3.63) is 11.7 Å². The maximum atomic E-state index is 9.37. The molecule has 0 bridgehead atoms. The van der Waals surface area contributed by atoms with E-state index in [4.69, 9.17) is 15.0 Å². The molecule has 1 aromatic heterocycles. The third-order valence-electron chi connectivity index (χ3n) is 3.19. The first-order valence-electron chi connectivity index (χ1n) is 5.83. The van der Waals surface area contributed by atoms with Crippen LogP contribution in [0.4, 0.5) is 0 Å².